The molecule has 7 nitrogen and oxygen atoms in total. The number of aromatic hydroxyl groups is 1. The van der Waals surface area contributed by atoms with E-state index >= 15 is 0 Å². The summed E-state index contributed by atoms with van der Waals surface area (Å²) in [5, 5.41) is 20.9. The maximum absolute atomic E-state index is 13.1. The van der Waals surface area contributed by atoms with Gasteiger partial charge in [0, 0.05) is 11.6 Å². The molecule has 3 aliphatic rings. The summed E-state index contributed by atoms with van der Waals surface area (Å²) in [7, 11) is 0. The smallest absolute Gasteiger partial charge is 0.295 e. The number of phenolic OH excluding ortho intramolecular Hbond substituents is 1. The number of Topliss-reactive ketones (excluding diaryl/α,β-unsaturated/α-hetero) is 1. The number of carbonyl (C=O) groups excluding carboxylic acids is 2. The van der Waals surface area contributed by atoms with Gasteiger partial charge in [0.25, 0.3) is 11.7 Å². The van der Waals surface area contributed by atoms with Crippen molar-refractivity contribution in [2.75, 3.05) is 13.2 Å². The molecule has 1 unspecified atom stereocenters. The molecule has 2 heterocycles. The van der Waals surface area contributed by atoms with Crippen molar-refractivity contribution in [3.63, 3.8) is 0 Å². The van der Waals surface area contributed by atoms with Gasteiger partial charge >= 0.3 is 0 Å². The lowest BCUT2D eigenvalue weighted by molar-refractivity contribution is -0.141. The first-order chi connectivity index (χ1) is 15.0. The van der Waals surface area contributed by atoms with Gasteiger partial charge in [-0.1, -0.05) is 25.0 Å². The average molecular weight is 421 g/mol. The van der Waals surface area contributed by atoms with Crippen molar-refractivity contribution >= 4 is 17.4 Å². The Kier molecular flexibility index (Phi) is 4.81. The summed E-state index contributed by atoms with van der Waals surface area (Å²) in [6.07, 6.45) is 3.65. The highest BCUT2D eigenvalue weighted by atomic mass is 16.6. The quantitative estimate of drug-likeness (QED) is 0.447. The summed E-state index contributed by atoms with van der Waals surface area (Å²) >= 11 is 0. The van der Waals surface area contributed by atoms with Gasteiger partial charge in [-0.3, -0.25) is 9.59 Å². The molecule has 1 atom stereocenters. The SMILES string of the molecule is O=C1C(=O)N(C2CCCC2)C(c2ccc(O)cc2)/C1=C(/O)c1ccc2c(c1)OCCO2. The second-order valence-electron chi connectivity index (χ2n) is 8.09. The van der Waals surface area contributed by atoms with Crippen LogP contribution in [0.5, 0.6) is 17.2 Å². The second kappa shape index (κ2) is 7.65. The van der Waals surface area contributed by atoms with E-state index in [0.717, 1.165) is 25.7 Å². The Bertz CT molecular complexity index is 1070. The molecule has 1 saturated heterocycles. The number of hydrogen-bond donors (Lipinski definition) is 2. The molecule has 5 rings (SSSR count). The first-order valence-electron chi connectivity index (χ1n) is 10.5. The van der Waals surface area contributed by atoms with Crippen LogP contribution in [0, 0.1) is 0 Å². The molecule has 1 saturated carbocycles. The number of nitrogens with zero attached hydrogens (tertiary/aromatic N) is 1. The van der Waals surface area contributed by atoms with E-state index in [0.29, 0.717) is 35.8 Å². The minimum atomic E-state index is -0.711. The summed E-state index contributed by atoms with van der Waals surface area (Å²) in [4.78, 5) is 27.8. The fourth-order valence-corrected chi connectivity index (χ4v) is 4.74. The minimum absolute atomic E-state index is 0.0548. The number of likely N-dealkylation sites (tertiary alicyclic amines) is 1. The van der Waals surface area contributed by atoms with E-state index in [1.165, 1.54) is 12.1 Å². The standard InChI is InChI=1S/C24H23NO6/c26-17-8-5-14(6-9-17)21-20(23(28)24(29)25(21)16-3-1-2-4-16)22(27)15-7-10-18-19(13-15)31-12-11-30-18/h5-10,13,16,21,26-27H,1-4,11-12H2/b22-20-. The van der Waals surface area contributed by atoms with Crippen LogP contribution in [0.1, 0.15) is 42.9 Å². The summed E-state index contributed by atoms with van der Waals surface area (Å²) in [6.45, 7) is 0.850. The number of fused-ring (bicyclic) bond motifs is 1. The predicted molar refractivity (Wildman–Crippen MR) is 112 cm³/mol. The van der Waals surface area contributed by atoms with Gasteiger partial charge in [-0.05, 0) is 48.7 Å². The number of ketones is 1. The van der Waals surface area contributed by atoms with Crippen molar-refractivity contribution in [3.05, 3.63) is 59.2 Å². The van der Waals surface area contributed by atoms with Crippen LogP contribution in [0.25, 0.3) is 5.76 Å². The lowest BCUT2D eigenvalue weighted by Crippen LogP contribution is -2.37. The molecule has 0 spiro atoms. The lowest BCUT2D eigenvalue weighted by Gasteiger charge is -2.30. The zero-order valence-corrected chi connectivity index (χ0v) is 16.9. The average Bonchev–Trinajstić information content (AvgIpc) is 3.40. The minimum Gasteiger partial charge on any atom is -0.508 e. The van der Waals surface area contributed by atoms with E-state index in [2.05, 4.69) is 0 Å². The van der Waals surface area contributed by atoms with Crippen molar-refractivity contribution in [3.8, 4) is 17.2 Å². The van der Waals surface area contributed by atoms with Crippen molar-refractivity contribution in [1.29, 1.82) is 0 Å². The Balaban J connectivity index is 1.64. The molecule has 31 heavy (non-hydrogen) atoms. The number of benzene rings is 2. The molecule has 1 aliphatic carbocycles. The summed E-state index contributed by atoms with van der Waals surface area (Å²) in [5.74, 6) is -0.380. The number of amides is 1. The van der Waals surface area contributed by atoms with Crippen LogP contribution in [0.15, 0.2) is 48.0 Å². The van der Waals surface area contributed by atoms with Gasteiger partial charge in [-0.15, -0.1) is 0 Å². The summed E-state index contributed by atoms with van der Waals surface area (Å²) < 4.78 is 11.1. The highest BCUT2D eigenvalue weighted by Crippen LogP contribution is 2.44. The molecular formula is C24H23NO6. The Morgan fingerprint density at radius 3 is 2.32 bits per heavy atom. The normalized spacial score (nSPS) is 22.8. The highest BCUT2D eigenvalue weighted by Gasteiger charge is 2.49. The first-order valence-corrected chi connectivity index (χ1v) is 10.5. The Morgan fingerprint density at radius 2 is 1.61 bits per heavy atom. The van der Waals surface area contributed by atoms with Crippen LogP contribution < -0.4 is 9.47 Å². The van der Waals surface area contributed by atoms with Gasteiger partial charge in [0.15, 0.2) is 11.5 Å². The third-order valence-electron chi connectivity index (χ3n) is 6.22. The van der Waals surface area contributed by atoms with Crippen LogP contribution in [0.4, 0.5) is 0 Å². The van der Waals surface area contributed by atoms with Crippen molar-refractivity contribution < 1.29 is 29.3 Å². The fourth-order valence-electron chi connectivity index (χ4n) is 4.74. The summed E-state index contributed by atoms with van der Waals surface area (Å²) in [6, 6.07) is 10.6. The summed E-state index contributed by atoms with van der Waals surface area (Å²) in [5.41, 5.74) is 1.11. The Labute approximate surface area is 179 Å². The van der Waals surface area contributed by atoms with Crippen molar-refractivity contribution in [2.45, 2.75) is 37.8 Å². The first kappa shape index (κ1) is 19.5. The molecule has 2 aromatic carbocycles. The molecule has 160 valence electrons. The third kappa shape index (κ3) is 3.30. The second-order valence-corrected chi connectivity index (χ2v) is 8.09. The number of rotatable bonds is 3. The molecule has 1 amide bonds. The van der Waals surface area contributed by atoms with Crippen LogP contribution in [-0.4, -0.2) is 46.1 Å². The molecule has 7 heteroatoms. The molecule has 2 aromatic rings. The maximum atomic E-state index is 13.1. The van der Waals surface area contributed by atoms with Gasteiger partial charge in [0.05, 0.1) is 11.6 Å². The predicted octanol–water partition coefficient (Wildman–Crippen LogP) is 3.53. The Hall–Kier alpha value is -3.48. The molecular weight excluding hydrogens is 398 g/mol. The maximum Gasteiger partial charge on any atom is 0.295 e. The molecule has 0 bridgehead atoms. The molecule has 0 radical (unpaired) electrons. The zero-order chi connectivity index (χ0) is 21.5. The number of ether oxygens (including phenoxy) is 2. The van der Waals surface area contributed by atoms with E-state index in [4.69, 9.17) is 9.47 Å². The van der Waals surface area contributed by atoms with E-state index in [1.54, 1.807) is 35.2 Å². The zero-order valence-electron chi connectivity index (χ0n) is 16.9. The van der Waals surface area contributed by atoms with E-state index in [-0.39, 0.29) is 23.1 Å². The number of aliphatic hydroxyl groups excluding tert-OH is 1. The number of carbonyl (C=O) groups is 2. The topological polar surface area (TPSA) is 96.3 Å². The van der Waals surface area contributed by atoms with E-state index < -0.39 is 17.7 Å². The van der Waals surface area contributed by atoms with Crippen molar-refractivity contribution in [2.24, 2.45) is 0 Å². The largest absolute Gasteiger partial charge is 0.508 e. The molecule has 2 fully saturated rings. The lowest BCUT2D eigenvalue weighted by atomic mass is 9.94. The van der Waals surface area contributed by atoms with Crippen LogP contribution >= 0.6 is 0 Å². The number of hydrogen-bond acceptors (Lipinski definition) is 6. The van der Waals surface area contributed by atoms with Crippen LogP contribution in [0.3, 0.4) is 0 Å². The van der Waals surface area contributed by atoms with Gasteiger partial charge in [0.1, 0.15) is 24.7 Å². The molecule has 0 aromatic heterocycles. The molecule has 2 aliphatic heterocycles. The highest BCUT2D eigenvalue weighted by molar-refractivity contribution is 6.46. The van der Waals surface area contributed by atoms with E-state index in [9.17, 15) is 19.8 Å². The third-order valence-corrected chi connectivity index (χ3v) is 6.22. The van der Waals surface area contributed by atoms with Gasteiger partial charge in [-0.25, -0.2) is 0 Å². The van der Waals surface area contributed by atoms with Crippen LogP contribution in [0.2, 0.25) is 0 Å². The van der Waals surface area contributed by atoms with Gasteiger partial charge < -0.3 is 24.6 Å². The Morgan fingerprint density at radius 1 is 0.935 bits per heavy atom. The number of phenols is 1. The molecule has 2 N–H and O–H groups in total. The number of aliphatic hydroxyl groups is 1. The van der Waals surface area contributed by atoms with Gasteiger partial charge in [-0.2, -0.15) is 0 Å². The van der Waals surface area contributed by atoms with Gasteiger partial charge in [0.2, 0.25) is 0 Å². The fraction of sp³-hybridized carbons (Fsp3) is 0.333. The van der Waals surface area contributed by atoms with Crippen molar-refractivity contribution in [1.82, 2.24) is 4.90 Å². The van der Waals surface area contributed by atoms with Crippen LogP contribution in [-0.2, 0) is 9.59 Å². The monoisotopic (exact) mass is 421 g/mol. The van der Waals surface area contributed by atoms with E-state index in [1.807, 2.05) is 0 Å².